The van der Waals surface area contributed by atoms with Crippen molar-refractivity contribution in [1.82, 2.24) is 9.97 Å². The number of fused-ring (bicyclic) bond motifs is 1. The van der Waals surface area contributed by atoms with Crippen molar-refractivity contribution in [2.45, 2.75) is 13.0 Å². The molecule has 14 heavy (non-hydrogen) atoms. The Morgan fingerprint density at radius 1 is 1.57 bits per heavy atom. The van der Waals surface area contributed by atoms with Crippen molar-refractivity contribution in [2.75, 3.05) is 6.61 Å². The summed E-state index contributed by atoms with van der Waals surface area (Å²) in [7, 11) is 0. The Labute approximate surface area is 81.8 Å². The molecule has 0 aliphatic carbocycles. The average molecular weight is 191 g/mol. The van der Waals surface area contributed by atoms with Gasteiger partial charge in [0.1, 0.15) is 5.82 Å². The predicted molar refractivity (Wildman–Crippen MR) is 54.8 cm³/mol. The highest BCUT2D eigenvalue weighted by Crippen LogP contribution is 2.17. The number of aryl methyl sites for hydroxylation is 1. The molecule has 1 heterocycles. The van der Waals surface area contributed by atoms with Crippen LogP contribution in [-0.4, -0.2) is 21.7 Å². The van der Waals surface area contributed by atoms with Crippen LogP contribution < -0.4 is 5.73 Å². The lowest BCUT2D eigenvalue weighted by atomic mass is 10.1. The normalized spacial score (nSPS) is 13.4. The molecule has 0 aliphatic rings. The van der Waals surface area contributed by atoms with E-state index >= 15 is 0 Å². The van der Waals surface area contributed by atoms with Crippen molar-refractivity contribution in [3.8, 4) is 0 Å². The van der Waals surface area contributed by atoms with Crippen LogP contribution in [0.4, 0.5) is 0 Å². The molecular weight excluding hydrogens is 178 g/mol. The average Bonchev–Trinajstić information content (AvgIpc) is 2.55. The topological polar surface area (TPSA) is 74.9 Å². The monoisotopic (exact) mass is 191 g/mol. The number of nitrogens with one attached hydrogen (secondary N) is 1. The van der Waals surface area contributed by atoms with Crippen molar-refractivity contribution in [3.05, 3.63) is 29.6 Å². The van der Waals surface area contributed by atoms with E-state index in [-0.39, 0.29) is 12.6 Å². The van der Waals surface area contributed by atoms with Crippen LogP contribution in [0.15, 0.2) is 18.2 Å². The smallest absolute Gasteiger partial charge is 0.104 e. The SMILES string of the molecule is Cc1nc2ccc(C(N)CO)cc2[nH]1. The zero-order valence-corrected chi connectivity index (χ0v) is 7.99. The number of benzene rings is 1. The molecule has 0 spiro atoms. The van der Waals surface area contributed by atoms with E-state index in [9.17, 15) is 0 Å². The van der Waals surface area contributed by atoms with Gasteiger partial charge in [-0.2, -0.15) is 0 Å². The molecule has 0 saturated heterocycles. The summed E-state index contributed by atoms with van der Waals surface area (Å²) >= 11 is 0. The first kappa shape index (κ1) is 9.18. The molecule has 1 atom stereocenters. The maximum absolute atomic E-state index is 8.91. The highest BCUT2D eigenvalue weighted by atomic mass is 16.3. The summed E-state index contributed by atoms with van der Waals surface area (Å²) in [5.74, 6) is 0.884. The molecule has 1 aromatic heterocycles. The van der Waals surface area contributed by atoms with E-state index in [4.69, 9.17) is 10.8 Å². The minimum absolute atomic E-state index is 0.0430. The number of hydrogen-bond acceptors (Lipinski definition) is 3. The van der Waals surface area contributed by atoms with E-state index in [2.05, 4.69) is 9.97 Å². The summed E-state index contributed by atoms with van der Waals surface area (Å²) in [6.45, 7) is 1.87. The molecule has 0 fully saturated rings. The van der Waals surface area contributed by atoms with Crippen molar-refractivity contribution >= 4 is 11.0 Å². The van der Waals surface area contributed by atoms with E-state index in [0.717, 1.165) is 22.4 Å². The second-order valence-electron chi connectivity index (χ2n) is 3.39. The number of hydrogen-bond donors (Lipinski definition) is 3. The van der Waals surface area contributed by atoms with Gasteiger partial charge in [0.2, 0.25) is 0 Å². The maximum Gasteiger partial charge on any atom is 0.104 e. The number of aliphatic hydroxyl groups excluding tert-OH is 1. The summed E-state index contributed by atoms with van der Waals surface area (Å²) in [6.07, 6.45) is 0. The van der Waals surface area contributed by atoms with Crippen LogP contribution >= 0.6 is 0 Å². The first-order valence-corrected chi connectivity index (χ1v) is 4.53. The van der Waals surface area contributed by atoms with Crippen LogP contribution in [0.25, 0.3) is 11.0 Å². The molecule has 0 amide bonds. The van der Waals surface area contributed by atoms with Crippen molar-refractivity contribution in [3.63, 3.8) is 0 Å². The number of H-pyrrole nitrogens is 1. The lowest BCUT2D eigenvalue weighted by molar-refractivity contribution is 0.268. The van der Waals surface area contributed by atoms with E-state index in [1.807, 2.05) is 25.1 Å². The number of rotatable bonds is 2. The molecular formula is C10H13N3O. The Bertz CT molecular complexity index is 450. The Hall–Kier alpha value is -1.39. The third-order valence-electron chi connectivity index (χ3n) is 2.25. The molecule has 0 radical (unpaired) electrons. The number of aliphatic hydroxyl groups is 1. The van der Waals surface area contributed by atoms with Crippen molar-refractivity contribution < 1.29 is 5.11 Å². The Morgan fingerprint density at radius 2 is 2.36 bits per heavy atom. The van der Waals surface area contributed by atoms with Crippen LogP contribution in [0.1, 0.15) is 17.4 Å². The zero-order chi connectivity index (χ0) is 10.1. The standard InChI is InChI=1S/C10H13N3O/c1-6-12-9-3-2-7(8(11)5-14)4-10(9)13-6/h2-4,8,14H,5,11H2,1H3,(H,12,13). The molecule has 2 rings (SSSR count). The minimum atomic E-state index is -0.317. The molecule has 2 aromatic rings. The fourth-order valence-electron chi connectivity index (χ4n) is 1.49. The van der Waals surface area contributed by atoms with Crippen LogP contribution in [-0.2, 0) is 0 Å². The first-order chi connectivity index (χ1) is 6.70. The third-order valence-corrected chi connectivity index (χ3v) is 2.25. The first-order valence-electron chi connectivity index (χ1n) is 4.53. The maximum atomic E-state index is 8.91. The molecule has 4 heteroatoms. The number of nitrogens with two attached hydrogens (primary N) is 1. The fourth-order valence-corrected chi connectivity index (χ4v) is 1.49. The van der Waals surface area contributed by atoms with Gasteiger partial charge in [-0.3, -0.25) is 0 Å². The molecule has 1 unspecified atom stereocenters. The molecule has 0 saturated carbocycles. The van der Waals surface area contributed by atoms with E-state index < -0.39 is 0 Å². The van der Waals surface area contributed by atoms with Gasteiger partial charge < -0.3 is 15.8 Å². The highest BCUT2D eigenvalue weighted by molar-refractivity contribution is 5.75. The van der Waals surface area contributed by atoms with Gasteiger partial charge in [-0.05, 0) is 24.6 Å². The number of nitrogens with zero attached hydrogens (tertiary/aromatic N) is 1. The van der Waals surface area contributed by atoms with Gasteiger partial charge in [0, 0.05) is 0 Å². The van der Waals surface area contributed by atoms with Crippen LogP contribution in [0.5, 0.6) is 0 Å². The van der Waals surface area contributed by atoms with Crippen LogP contribution in [0.3, 0.4) is 0 Å². The van der Waals surface area contributed by atoms with Gasteiger partial charge >= 0.3 is 0 Å². The molecule has 4 N–H and O–H groups in total. The molecule has 4 nitrogen and oxygen atoms in total. The zero-order valence-electron chi connectivity index (χ0n) is 7.99. The molecule has 1 aromatic carbocycles. The van der Waals surface area contributed by atoms with Gasteiger partial charge in [-0.15, -0.1) is 0 Å². The second-order valence-corrected chi connectivity index (χ2v) is 3.39. The van der Waals surface area contributed by atoms with E-state index in [0.29, 0.717) is 0 Å². The summed E-state index contributed by atoms with van der Waals surface area (Å²) in [4.78, 5) is 7.41. The molecule has 0 aliphatic heterocycles. The third kappa shape index (κ3) is 1.49. The quantitative estimate of drug-likeness (QED) is 0.659. The van der Waals surface area contributed by atoms with Gasteiger partial charge in [0.25, 0.3) is 0 Å². The van der Waals surface area contributed by atoms with Gasteiger partial charge in [0.15, 0.2) is 0 Å². The summed E-state index contributed by atoms with van der Waals surface area (Å²) in [5, 5.41) is 8.91. The predicted octanol–water partition coefficient (Wildman–Crippen LogP) is 0.863. The van der Waals surface area contributed by atoms with Crippen LogP contribution in [0, 0.1) is 6.92 Å². The second kappa shape index (κ2) is 3.40. The number of aromatic nitrogens is 2. The van der Waals surface area contributed by atoms with E-state index in [1.165, 1.54) is 0 Å². The van der Waals surface area contributed by atoms with Crippen LogP contribution in [0.2, 0.25) is 0 Å². The Kier molecular flexibility index (Phi) is 2.23. The van der Waals surface area contributed by atoms with Gasteiger partial charge in [0.05, 0.1) is 23.7 Å². The molecule has 74 valence electrons. The number of imidazole rings is 1. The Balaban J connectivity index is 2.50. The minimum Gasteiger partial charge on any atom is -0.394 e. The molecule has 0 bridgehead atoms. The van der Waals surface area contributed by atoms with Crippen molar-refractivity contribution in [2.24, 2.45) is 5.73 Å². The lowest BCUT2D eigenvalue weighted by Gasteiger charge is -2.07. The van der Waals surface area contributed by atoms with E-state index in [1.54, 1.807) is 0 Å². The summed E-state index contributed by atoms with van der Waals surface area (Å²) < 4.78 is 0. The summed E-state index contributed by atoms with van der Waals surface area (Å²) in [6, 6.07) is 5.41. The van der Waals surface area contributed by atoms with Gasteiger partial charge in [-0.25, -0.2) is 4.98 Å². The lowest BCUT2D eigenvalue weighted by Crippen LogP contribution is -2.14. The fraction of sp³-hybridized carbons (Fsp3) is 0.300. The summed E-state index contributed by atoms with van der Waals surface area (Å²) in [5.41, 5.74) is 8.52. The number of aromatic amines is 1. The highest BCUT2D eigenvalue weighted by Gasteiger charge is 2.06. The van der Waals surface area contributed by atoms with Crippen molar-refractivity contribution in [1.29, 1.82) is 0 Å². The Morgan fingerprint density at radius 3 is 3.07 bits per heavy atom. The van der Waals surface area contributed by atoms with Gasteiger partial charge in [-0.1, -0.05) is 6.07 Å². The largest absolute Gasteiger partial charge is 0.394 e.